The number of aryl methyl sites for hydroxylation is 1. The molecule has 1 saturated carbocycles. The van der Waals surface area contributed by atoms with Gasteiger partial charge in [-0.3, -0.25) is 5.10 Å². The Bertz CT molecular complexity index is 400. The highest BCUT2D eigenvalue weighted by Gasteiger charge is 2.23. The van der Waals surface area contributed by atoms with E-state index in [1.165, 1.54) is 69.4 Å². The number of nitrogens with one attached hydrogen (secondary N) is 2. The molecule has 0 unspecified atom stereocenters. The Kier molecular flexibility index (Phi) is 4.73. The molecule has 0 amide bonds. The topological polar surface area (TPSA) is 44.0 Å². The molecule has 1 aromatic rings. The van der Waals surface area contributed by atoms with Crippen LogP contribution in [0.3, 0.4) is 0 Å². The molecule has 1 aliphatic heterocycles. The van der Waals surface area contributed by atoms with Crippen molar-refractivity contribution < 1.29 is 0 Å². The third-order valence-corrected chi connectivity index (χ3v) is 5.09. The molecule has 2 heterocycles. The van der Waals surface area contributed by atoms with Crippen LogP contribution in [0.2, 0.25) is 0 Å². The molecule has 1 saturated heterocycles. The lowest BCUT2D eigenvalue weighted by Gasteiger charge is -2.34. The summed E-state index contributed by atoms with van der Waals surface area (Å²) in [6.45, 7) is 6.95. The van der Waals surface area contributed by atoms with Crippen molar-refractivity contribution >= 4 is 0 Å². The first-order valence-corrected chi connectivity index (χ1v) is 8.26. The maximum atomic E-state index is 4.08. The first-order valence-electron chi connectivity index (χ1n) is 8.26. The number of likely N-dealkylation sites (tertiary alicyclic amines) is 1. The second kappa shape index (κ2) is 6.72. The summed E-state index contributed by atoms with van der Waals surface area (Å²) in [6.07, 6.45) is 10.4. The Morgan fingerprint density at radius 3 is 2.65 bits per heavy atom. The van der Waals surface area contributed by atoms with Crippen LogP contribution in [0.5, 0.6) is 0 Å². The van der Waals surface area contributed by atoms with Gasteiger partial charge in [-0.15, -0.1) is 0 Å². The third-order valence-electron chi connectivity index (χ3n) is 5.09. The van der Waals surface area contributed by atoms with Gasteiger partial charge in [0.05, 0.1) is 6.20 Å². The Morgan fingerprint density at radius 1 is 1.25 bits per heavy atom. The van der Waals surface area contributed by atoms with E-state index in [0.717, 1.165) is 12.5 Å². The van der Waals surface area contributed by atoms with Gasteiger partial charge in [-0.05, 0) is 51.6 Å². The van der Waals surface area contributed by atoms with Gasteiger partial charge in [0.1, 0.15) is 0 Å². The standard InChI is InChI=1S/C16H28N4/c1-13-15(11-18-19-13)10-17-16-6-8-20(9-7-16)12-14-4-2-3-5-14/h11,14,16-17H,2-10,12H2,1H3,(H,18,19). The average molecular weight is 276 g/mol. The number of nitrogens with zero attached hydrogens (tertiary/aromatic N) is 2. The van der Waals surface area contributed by atoms with Crippen molar-refractivity contribution in [3.8, 4) is 0 Å². The first-order chi connectivity index (χ1) is 9.81. The van der Waals surface area contributed by atoms with E-state index in [9.17, 15) is 0 Å². The summed E-state index contributed by atoms with van der Waals surface area (Å²) < 4.78 is 0. The van der Waals surface area contributed by atoms with Crippen molar-refractivity contribution in [2.45, 2.75) is 58.0 Å². The van der Waals surface area contributed by atoms with Gasteiger partial charge in [0.15, 0.2) is 0 Å². The van der Waals surface area contributed by atoms with Crippen LogP contribution in [-0.2, 0) is 6.54 Å². The number of aromatic amines is 1. The predicted molar refractivity (Wildman–Crippen MR) is 81.6 cm³/mol. The third kappa shape index (κ3) is 3.61. The zero-order chi connectivity index (χ0) is 13.8. The molecule has 1 aliphatic carbocycles. The molecule has 4 heteroatoms. The summed E-state index contributed by atoms with van der Waals surface area (Å²) in [5.41, 5.74) is 2.49. The van der Waals surface area contributed by atoms with E-state index in [-0.39, 0.29) is 0 Å². The highest BCUT2D eigenvalue weighted by Crippen LogP contribution is 2.26. The molecule has 0 bridgehead atoms. The van der Waals surface area contributed by atoms with E-state index in [0.29, 0.717) is 6.04 Å². The van der Waals surface area contributed by atoms with E-state index >= 15 is 0 Å². The minimum atomic E-state index is 0.684. The number of aromatic nitrogens is 2. The summed E-state index contributed by atoms with van der Waals surface area (Å²) in [7, 11) is 0. The highest BCUT2D eigenvalue weighted by molar-refractivity contribution is 5.13. The molecule has 2 fully saturated rings. The van der Waals surface area contributed by atoms with Crippen LogP contribution in [-0.4, -0.2) is 40.8 Å². The van der Waals surface area contributed by atoms with Gasteiger partial charge in [0.25, 0.3) is 0 Å². The lowest BCUT2D eigenvalue weighted by Crippen LogP contribution is -2.43. The van der Waals surface area contributed by atoms with Crippen LogP contribution in [0.25, 0.3) is 0 Å². The molecule has 2 N–H and O–H groups in total. The fourth-order valence-corrected chi connectivity index (χ4v) is 3.69. The van der Waals surface area contributed by atoms with Gasteiger partial charge in [-0.2, -0.15) is 5.10 Å². The van der Waals surface area contributed by atoms with Crippen LogP contribution in [0.4, 0.5) is 0 Å². The molecule has 1 aromatic heterocycles. The van der Waals surface area contributed by atoms with E-state index in [1.54, 1.807) is 0 Å². The summed E-state index contributed by atoms with van der Waals surface area (Å²) in [5, 5.41) is 10.8. The Hall–Kier alpha value is -0.870. The SMILES string of the molecule is Cc1[nH]ncc1CNC1CCN(CC2CCCC2)CC1. The maximum absolute atomic E-state index is 4.08. The molecule has 112 valence electrons. The van der Waals surface area contributed by atoms with Gasteiger partial charge in [0.2, 0.25) is 0 Å². The van der Waals surface area contributed by atoms with E-state index in [2.05, 4.69) is 27.3 Å². The first kappa shape index (κ1) is 14.1. The number of H-pyrrole nitrogens is 1. The van der Waals surface area contributed by atoms with Crippen molar-refractivity contribution in [3.63, 3.8) is 0 Å². The number of rotatable bonds is 5. The van der Waals surface area contributed by atoms with Gasteiger partial charge in [0, 0.05) is 30.4 Å². The van der Waals surface area contributed by atoms with Crippen molar-refractivity contribution in [3.05, 3.63) is 17.5 Å². The van der Waals surface area contributed by atoms with Crippen LogP contribution < -0.4 is 5.32 Å². The summed E-state index contributed by atoms with van der Waals surface area (Å²) in [4.78, 5) is 2.69. The van der Waals surface area contributed by atoms with Gasteiger partial charge < -0.3 is 10.2 Å². The Balaban J connectivity index is 1.36. The number of piperidine rings is 1. The molecule has 4 nitrogen and oxygen atoms in total. The van der Waals surface area contributed by atoms with Crippen LogP contribution >= 0.6 is 0 Å². The molecule has 0 aromatic carbocycles. The zero-order valence-corrected chi connectivity index (χ0v) is 12.7. The Labute approximate surface area is 122 Å². The summed E-state index contributed by atoms with van der Waals surface area (Å²) in [6, 6.07) is 0.684. The second-order valence-electron chi connectivity index (χ2n) is 6.63. The van der Waals surface area contributed by atoms with E-state index < -0.39 is 0 Å². The largest absolute Gasteiger partial charge is 0.310 e. The molecule has 0 spiro atoms. The molecule has 3 rings (SSSR count). The fraction of sp³-hybridized carbons (Fsp3) is 0.812. The van der Waals surface area contributed by atoms with Crippen molar-refractivity contribution in [2.75, 3.05) is 19.6 Å². The molecule has 0 atom stereocenters. The lowest BCUT2D eigenvalue weighted by molar-refractivity contribution is 0.172. The van der Waals surface area contributed by atoms with Gasteiger partial charge >= 0.3 is 0 Å². The van der Waals surface area contributed by atoms with Crippen LogP contribution in [0.1, 0.15) is 49.8 Å². The number of hydrogen-bond acceptors (Lipinski definition) is 3. The Morgan fingerprint density at radius 2 is 2.00 bits per heavy atom. The smallest absolute Gasteiger partial charge is 0.0535 e. The molecule has 0 radical (unpaired) electrons. The summed E-state index contributed by atoms with van der Waals surface area (Å²) >= 11 is 0. The summed E-state index contributed by atoms with van der Waals surface area (Å²) in [5.74, 6) is 0.994. The van der Waals surface area contributed by atoms with E-state index in [4.69, 9.17) is 0 Å². The van der Waals surface area contributed by atoms with Crippen molar-refractivity contribution in [1.82, 2.24) is 20.4 Å². The number of hydrogen-bond donors (Lipinski definition) is 2. The minimum absolute atomic E-state index is 0.684. The van der Waals surface area contributed by atoms with Crippen molar-refractivity contribution in [2.24, 2.45) is 5.92 Å². The van der Waals surface area contributed by atoms with Crippen LogP contribution in [0.15, 0.2) is 6.20 Å². The fourth-order valence-electron chi connectivity index (χ4n) is 3.69. The van der Waals surface area contributed by atoms with Crippen LogP contribution in [0, 0.1) is 12.8 Å². The molecular formula is C16H28N4. The quantitative estimate of drug-likeness (QED) is 0.868. The second-order valence-corrected chi connectivity index (χ2v) is 6.63. The van der Waals surface area contributed by atoms with Crippen molar-refractivity contribution in [1.29, 1.82) is 0 Å². The molecule has 2 aliphatic rings. The molecule has 20 heavy (non-hydrogen) atoms. The molecular weight excluding hydrogens is 248 g/mol. The maximum Gasteiger partial charge on any atom is 0.0535 e. The minimum Gasteiger partial charge on any atom is -0.310 e. The van der Waals surface area contributed by atoms with Gasteiger partial charge in [-0.1, -0.05) is 12.8 Å². The zero-order valence-electron chi connectivity index (χ0n) is 12.7. The normalized spacial score (nSPS) is 22.6. The lowest BCUT2D eigenvalue weighted by atomic mass is 10.0. The predicted octanol–water partition coefficient (Wildman–Crippen LogP) is 2.46. The average Bonchev–Trinajstić information content (AvgIpc) is 3.10. The van der Waals surface area contributed by atoms with E-state index in [1.807, 2.05) is 6.20 Å². The monoisotopic (exact) mass is 276 g/mol. The highest BCUT2D eigenvalue weighted by atomic mass is 15.1. The van der Waals surface area contributed by atoms with Gasteiger partial charge in [-0.25, -0.2) is 0 Å².